The second-order valence-electron chi connectivity index (χ2n) is 5.56. The zero-order valence-electron chi connectivity index (χ0n) is 13.7. The SMILES string of the molecule is COc1ccc(NC(=O)c2cc(Cl)n(-c3ccc(C)cc3)c2)cc1Cl. The number of aryl methyl sites for hydroxylation is 1. The summed E-state index contributed by atoms with van der Waals surface area (Å²) in [5, 5.41) is 3.69. The molecule has 0 aliphatic carbocycles. The number of halogens is 2. The first-order valence-electron chi connectivity index (χ1n) is 7.58. The number of methoxy groups -OCH3 is 1. The van der Waals surface area contributed by atoms with E-state index in [0.717, 1.165) is 11.3 Å². The number of ether oxygens (including phenoxy) is 1. The summed E-state index contributed by atoms with van der Waals surface area (Å²) < 4.78 is 6.86. The first-order chi connectivity index (χ1) is 12.0. The Kier molecular flexibility index (Phi) is 5.02. The number of aromatic nitrogens is 1. The standard InChI is InChI=1S/C19H16Cl2N2O2/c1-12-3-6-15(7-4-12)23-11-13(9-18(23)21)19(24)22-14-5-8-17(25-2)16(20)10-14/h3-11H,1-2H3,(H,22,24). The molecule has 0 saturated heterocycles. The summed E-state index contributed by atoms with van der Waals surface area (Å²) in [6.07, 6.45) is 1.70. The van der Waals surface area contributed by atoms with Crippen molar-refractivity contribution in [3.05, 3.63) is 76.0 Å². The summed E-state index contributed by atoms with van der Waals surface area (Å²) in [6, 6.07) is 14.6. The molecule has 1 amide bonds. The van der Waals surface area contributed by atoms with Gasteiger partial charge in [0.15, 0.2) is 0 Å². The second kappa shape index (κ2) is 7.21. The van der Waals surface area contributed by atoms with E-state index < -0.39 is 0 Å². The van der Waals surface area contributed by atoms with E-state index in [1.807, 2.05) is 31.2 Å². The summed E-state index contributed by atoms with van der Waals surface area (Å²) in [4.78, 5) is 12.5. The highest BCUT2D eigenvalue weighted by atomic mass is 35.5. The molecular weight excluding hydrogens is 359 g/mol. The van der Waals surface area contributed by atoms with E-state index in [2.05, 4.69) is 5.32 Å². The molecule has 0 unspecified atom stereocenters. The van der Waals surface area contributed by atoms with E-state index in [1.165, 1.54) is 7.11 Å². The minimum absolute atomic E-state index is 0.269. The molecule has 6 heteroatoms. The van der Waals surface area contributed by atoms with Gasteiger partial charge in [0.25, 0.3) is 5.91 Å². The molecule has 3 aromatic rings. The third-order valence-corrected chi connectivity index (χ3v) is 4.34. The lowest BCUT2D eigenvalue weighted by atomic mass is 10.2. The van der Waals surface area contributed by atoms with Crippen molar-refractivity contribution in [2.45, 2.75) is 6.92 Å². The van der Waals surface area contributed by atoms with E-state index >= 15 is 0 Å². The molecule has 0 radical (unpaired) electrons. The van der Waals surface area contributed by atoms with Crippen molar-refractivity contribution in [2.24, 2.45) is 0 Å². The van der Waals surface area contributed by atoms with Crippen LogP contribution in [-0.4, -0.2) is 17.6 Å². The van der Waals surface area contributed by atoms with Crippen LogP contribution in [-0.2, 0) is 0 Å². The van der Waals surface area contributed by atoms with Crippen molar-refractivity contribution in [2.75, 3.05) is 12.4 Å². The summed E-state index contributed by atoms with van der Waals surface area (Å²) in [5.41, 5.74) is 3.08. The number of carbonyl (C=O) groups excluding carboxylic acids is 1. The maximum absolute atomic E-state index is 12.5. The van der Waals surface area contributed by atoms with Gasteiger partial charge in [-0.05, 0) is 43.3 Å². The predicted octanol–water partition coefficient (Wildman–Crippen LogP) is 5.35. The minimum Gasteiger partial charge on any atom is -0.495 e. The smallest absolute Gasteiger partial charge is 0.257 e. The van der Waals surface area contributed by atoms with Gasteiger partial charge < -0.3 is 14.6 Å². The van der Waals surface area contributed by atoms with Crippen molar-refractivity contribution in [1.82, 2.24) is 4.57 Å². The van der Waals surface area contributed by atoms with Crippen LogP contribution in [0.25, 0.3) is 5.69 Å². The lowest BCUT2D eigenvalue weighted by molar-refractivity contribution is 0.102. The Morgan fingerprint density at radius 2 is 1.80 bits per heavy atom. The molecule has 4 nitrogen and oxygen atoms in total. The van der Waals surface area contributed by atoms with Gasteiger partial charge in [0.1, 0.15) is 10.9 Å². The number of benzene rings is 2. The largest absolute Gasteiger partial charge is 0.495 e. The van der Waals surface area contributed by atoms with Gasteiger partial charge >= 0.3 is 0 Å². The van der Waals surface area contributed by atoms with E-state index in [-0.39, 0.29) is 5.91 Å². The first kappa shape index (κ1) is 17.4. The van der Waals surface area contributed by atoms with Crippen molar-refractivity contribution in [1.29, 1.82) is 0 Å². The molecular formula is C19H16Cl2N2O2. The number of nitrogens with one attached hydrogen (secondary N) is 1. The number of hydrogen-bond acceptors (Lipinski definition) is 2. The van der Waals surface area contributed by atoms with Crippen molar-refractivity contribution in [3.63, 3.8) is 0 Å². The number of hydrogen-bond donors (Lipinski definition) is 1. The number of nitrogens with zero attached hydrogens (tertiary/aromatic N) is 1. The lowest BCUT2D eigenvalue weighted by Crippen LogP contribution is -2.11. The molecule has 128 valence electrons. The normalized spacial score (nSPS) is 10.6. The Labute approximate surface area is 155 Å². The molecule has 25 heavy (non-hydrogen) atoms. The molecule has 0 aliphatic heterocycles. The highest BCUT2D eigenvalue weighted by molar-refractivity contribution is 6.32. The Morgan fingerprint density at radius 3 is 2.44 bits per heavy atom. The molecule has 3 rings (SSSR count). The second-order valence-corrected chi connectivity index (χ2v) is 6.35. The van der Waals surface area contributed by atoms with Crippen LogP contribution in [0.15, 0.2) is 54.7 Å². The van der Waals surface area contributed by atoms with Crippen LogP contribution in [0, 0.1) is 6.92 Å². The number of amides is 1. The Bertz CT molecular complexity index is 918. The third kappa shape index (κ3) is 3.81. The van der Waals surface area contributed by atoms with E-state index in [9.17, 15) is 4.79 Å². The maximum Gasteiger partial charge on any atom is 0.257 e. The summed E-state index contributed by atoms with van der Waals surface area (Å²) >= 11 is 12.4. The highest BCUT2D eigenvalue weighted by Crippen LogP contribution is 2.28. The minimum atomic E-state index is -0.269. The van der Waals surface area contributed by atoms with E-state index in [1.54, 1.807) is 35.0 Å². The van der Waals surface area contributed by atoms with Crippen LogP contribution in [0.3, 0.4) is 0 Å². The molecule has 0 atom stereocenters. The fourth-order valence-electron chi connectivity index (χ4n) is 2.41. The van der Waals surface area contributed by atoms with Crippen molar-refractivity contribution < 1.29 is 9.53 Å². The Morgan fingerprint density at radius 1 is 1.08 bits per heavy atom. The molecule has 1 heterocycles. The maximum atomic E-state index is 12.5. The van der Waals surface area contributed by atoms with Crippen LogP contribution in [0.2, 0.25) is 10.2 Å². The van der Waals surface area contributed by atoms with Gasteiger partial charge in [-0.25, -0.2) is 0 Å². The number of carbonyl (C=O) groups is 1. The molecule has 0 spiro atoms. The van der Waals surface area contributed by atoms with Gasteiger partial charge in [0.05, 0.1) is 17.7 Å². The van der Waals surface area contributed by atoms with Crippen LogP contribution >= 0.6 is 23.2 Å². The van der Waals surface area contributed by atoms with Gasteiger partial charge in [-0.3, -0.25) is 4.79 Å². The summed E-state index contributed by atoms with van der Waals surface area (Å²) in [6.45, 7) is 2.01. The van der Waals surface area contributed by atoms with Crippen LogP contribution in [0.4, 0.5) is 5.69 Å². The van der Waals surface area contributed by atoms with Gasteiger partial charge in [-0.2, -0.15) is 0 Å². The van der Waals surface area contributed by atoms with Gasteiger partial charge in [-0.15, -0.1) is 0 Å². The van der Waals surface area contributed by atoms with Crippen LogP contribution in [0.5, 0.6) is 5.75 Å². The molecule has 1 aromatic heterocycles. The number of rotatable bonds is 4. The molecule has 0 fully saturated rings. The Hall–Kier alpha value is -2.43. The zero-order chi connectivity index (χ0) is 18.0. The van der Waals surface area contributed by atoms with Gasteiger partial charge in [-0.1, -0.05) is 40.9 Å². The molecule has 0 aliphatic rings. The average molecular weight is 375 g/mol. The summed E-state index contributed by atoms with van der Waals surface area (Å²) in [7, 11) is 1.54. The van der Waals surface area contributed by atoms with E-state index in [0.29, 0.717) is 27.2 Å². The first-order valence-corrected chi connectivity index (χ1v) is 8.33. The van der Waals surface area contributed by atoms with Gasteiger partial charge in [0.2, 0.25) is 0 Å². The number of anilines is 1. The fraction of sp³-hybridized carbons (Fsp3) is 0.105. The fourth-order valence-corrected chi connectivity index (χ4v) is 2.93. The Balaban J connectivity index is 1.82. The predicted molar refractivity (Wildman–Crippen MR) is 101 cm³/mol. The molecule has 2 aromatic carbocycles. The van der Waals surface area contributed by atoms with Crippen LogP contribution < -0.4 is 10.1 Å². The van der Waals surface area contributed by atoms with Crippen molar-refractivity contribution in [3.8, 4) is 11.4 Å². The zero-order valence-corrected chi connectivity index (χ0v) is 15.2. The van der Waals surface area contributed by atoms with Crippen molar-refractivity contribution >= 4 is 34.8 Å². The molecule has 1 N–H and O–H groups in total. The lowest BCUT2D eigenvalue weighted by Gasteiger charge is -2.07. The van der Waals surface area contributed by atoms with E-state index in [4.69, 9.17) is 27.9 Å². The highest BCUT2D eigenvalue weighted by Gasteiger charge is 2.13. The third-order valence-electron chi connectivity index (χ3n) is 3.76. The monoisotopic (exact) mass is 374 g/mol. The topological polar surface area (TPSA) is 43.3 Å². The summed E-state index contributed by atoms with van der Waals surface area (Å²) in [5.74, 6) is 0.280. The molecule has 0 saturated carbocycles. The van der Waals surface area contributed by atoms with Crippen LogP contribution in [0.1, 0.15) is 15.9 Å². The molecule has 0 bridgehead atoms. The quantitative estimate of drug-likeness (QED) is 0.668. The van der Waals surface area contributed by atoms with Gasteiger partial charge in [0, 0.05) is 17.6 Å². The average Bonchev–Trinajstić information content (AvgIpc) is 2.98.